The number of hydrogen-bond donors (Lipinski definition) is 1. The quantitative estimate of drug-likeness (QED) is 0.931. The number of benzene rings is 2. The van der Waals surface area contributed by atoms with Gasteiger partial charge in [-0.1, -0.05) is 48.5 Å². The van der Waals surface area contributed by atoms with Crippen LogP contribution < -0.4 is 5.32 Å². The molecule has 1 N–H and O–H groups in total. The first-order chi connectivity index (χ1) is 12.1. The van der Waals surface area contributed by atoms with Gasteiger partial charge in [0.15, 0.2) is 0 Å². The summed E-state index contributed by atoms with van der Waals surface area (Å²) in [6, 6.07) is 18.8. The van der Waals surface area contributed by atoms with Gasteiger partial charge in [-0.15, -0.1) is 0 Å². The number of amides is 2. The smallest absolute Gasteiger partial charge is 0.251 e. The Hall–Kier alpha value is -2.66. The molecule has 3 rings (SSSR count). The minimum atomic E-state index is -0.241. The highest BCUT2D eigenvalue weighted by Gasteiger charge is 2.29. The first-order valence-electron chi connectivity index (χ1n) is 8.45. The van der Waals surface area contributed by atoms with Crippen molar-refractivity contribution in [3.63, 3.8) is 0 Å². The molecular weight excluding hydrogens is 316 g/mol. The second-order valence-corrected chi connectivity index (χ2v) is 6.19. The fourth-order valence-electron chi connectivity index (χ4n) is 2.97. The Bertz CT molecular complexity index is 718. The lowest BCUT2D eigenvalue weighted by Gasteiger charge is -2.37. The second-order valence-electron chi connectivity index (χ2n) is 6.19. The lowest BCUT2D eigenvalue weighted by atomic mass is 10.1. The maximum absolute atomic E-state index is 12.5. The van der Waals surface area contributed by atoms with Crippen molar-refractivity contribution in [2.75, 3.05) is 19.6 Å². The van der Waals surface area contributed by atoms with Crippen LogP contribution in [-0.4, -0.2) is 42.5 Å². The van der Waals surface area contributed by atoms with Gasteiger partial charge in [-0.2, -0.15) is 0 Å². The fourth-order valence-corrected chi connectivity index (χ4v) is 2.97. The monoisotopic (exact) mass is 338 g/mol. The maximum atomic E-state index is 12.5. The topological polar surface area (TPSA) is 58.6 Å². The average molecular weight is 338 g/mol. The highest BCUT2D eigenvalue weighted by atomic mass is 16.5. The molecule has 2 aromatic carbocycles. The van der Waals surface area contributed by atoms with Crippen molar-refractivity contribution in [1.29, 1.82) is 0 Å². The molecule has 1 aliphatic rings. The van der Waals surface area contributed by atoms with Crippen molar-refractivity contribution in [2.24, 2.45) is 0 Å². The number of nitrogens with one attached hydrogen (secondary N) is 1. The number of carbonyl (C=O) groups excluding carboxylic acids is 2. The zero-order valence-corrected chi connectivity index (χ0v) is 14.2. The molecule has 25 heavy (non-hydrogen) atoms. The molecule has 0 radical (unpaired) electrons. The molecule has 130 valence electrons. The van der Waals surface area contributed by atoms with E-state index in [0.717, 1.165) is 5.56 Å². The van der Waals surface area contributed by atoms with Crippen LogP contribution in [0.4, 0.5) is 0 Å². The van der Waals surface area contributed by atoms with E-state index in [1.165, 1.54) is 0 Å². The Morgan fingerprint density at radius 2 is 1.68 bits per heavy atom. The summed E-state index contributed by atoms with van der Waals surface area (Å²) in [5.41, 5.74) is 1.60. The predicted molar refractivity (Wildman–Crippen MR) is 95.1 cm³/mol. The van der Waals surface area contributed by atoms with Crippen molar-refractivity contribution in [1.82, 2.24) is 10.2 Å². The number of carbonyl (C=O) groups is 2. The largest absolute Gasteiger partial charge is 0.367 e. The molecule has 2 atom stereocenters. The molecule has 0 spiro atoms. The van der Waals surface area contributed by atoms with Gasteiger partial charge in [0.2, 0.25) is 5.91 Å². The molecule has 0 saturated carbocycles. The minimum absolute atomic E-state index is 0.0119. The van der Waals surface area contributed by atoms with Gasteiger partial charge in [0, 0.05) is 12.1 Å². The highest BCUT2D eigenvalue weighted by molar-refractivity contribution is 5.96. The van der Waals surface area contributed by atoms with E-state index >= 15 is 0 Å². The Balaban J connectivity index is 1.58. The van der Waals surface area contributed by atoms with Crippen LogP contribution in [0.25, 0.3) is 0 Å². The standard InChI is InChI=1S/C20H22N2O3/c1-15-13-22(14-18(25-15)16-8-4-2-5-9-16)19(23)12-21-20(24)17-10-6-3-7-11-17/h2-11,15,18H,12-14H2,1H3,(H,21,24)/t15-,18-/m1/s1. The molecular formula is C20H22N2O3. The Morgan fingerprint density at radius 1 is 1.04 bits per heavy atom. The van der Waals surface area contributed by atoms with Crippen LogP contribution in [0.2, 0.25) is 0 Å². The molecule has 0 bridgehead atoms. The molecule has 5 nitrogen and oxygen atoms in total. The molecule has 2 amide bonds. The molecule has 2 aromatic rings. The van der Waals surface area contributed by atoms with Crippen LogP contribution in [0, 0.1) is 0 Å². The summed E-state index contributed by atoms with van der Waals surface area (Å²) in [7, 11) is 0. The van der Waals surface area contributed by atoms with Crippen LogP contribution in [-0.2, 0) is 9.53 Å². The highest BCUT2D eigenvalue weighted by Crippen LogP contribution is 2.24. The SMILES string of the molecule is C[C@@H]1CN(C(=O)CNC(=O)c2ccccc2)C[C@H](c2ccccc2)O1. The van der Waals surface area contributed by atoms with Gasteiger partial charge < -0.3 is 15.0 Å². The lowest BCUT2D eigenvalue weighted by Crippen LogP contribution is -2.49. The third-order valence-corrected chi connectivity index (χ3v) is 4.22. The number of hydrogen-bond acceptors (Lipinski definition) is 3. The molecule has 1 heterocycles. The Labute approximate surface area is 147 Å². The van der Waals surface area contributed by atoms with E-state index in [1.54, 1.807) is 29.2 Å². The normalized spacial score (nSPS) is 20.1. The van der Waals surface area contributed by atoms with Gasteiger partial charge in [0.05, 0.1) is 19.2 Å². The van der Waals surface area contributed by atoms with Crippen LogP contribution in [0.3, 0.4) is 0 Å². The van der Waals surface area contributed by atoms with Crippen LogP contribution in [0.15, 0.2) is 60.7 Å². The Morgan fingerprint density at radius 3 is 2.36 bits per heavy atom. The molecule has 1 aliphatic heterocycles. The Kier molecular flexibility index (Phi) is 5.46. The van der Waals surface area contributed by atoms with Crippen molar-refractivity contribution in [3.05, 3.63) is 71.8 Å². The van der Waals surface area contributed by atoms with Gasteiger partial charge in [0.25, 0.3) is 5.91 Å². The number of rotatable bonds is 4. The second kappa shape index (κ2) is 7.94. The number of nitrogens with zero attached hydrogens (tertiary/aromatic N) is 1. The number of morpholine rings is 1. The van der Waals surface area contributed by atoms with Gasteiger partial charge >= 0.3 is 0 Å². The van der Waals surface area contributed by atoms with E-state index < -0.39 is 0 Å². The van der Waals surface area contributed by atoms with E-state index in [-0.39, 0.29) is 30.6 Å². The van der Waals surface area contributed by atoms with Gasteiger partial charge in [-0.05, 0) is 24.6 Å². The average Bonchev–Trinajstić information content (AvgIpc) is 2.66. The van der Waals surface area contributed by atoms with Crippen molar-refractivity contribution < 1.29 is 14.3 Å². The summed E-state index contributed by atoms with van der Waals surface area (Å²) < 4.78 is 5.97. The van der Waals surface area contributed by atoms with Crippen molar-refractivity contribution >= 4 is 11.8 Å². The summed E-state index contributed by atoms with van der Waals surface area (Å²) in [5, 5.41) is 2.69. The summed E-state index contributed by atoms with van der Waals surface area (Å²) in [5.74, 6) is -0.338. The third kappa shape index (κ3) is 4.45. The predicted octanol–water partition coefficient (Wildman–Crippen LogP) is 2.41. The maximum Gasteiger partial charge on any atom is 0.251 e. The van der Waals surface area contributed by atoms with Crippen LogP contribution >= 0.6 is 0 Å². The van der Waals surface area contributed by atoms with Gasteiger partial charge in [-0.3, -0.25) is 9.59 Å². The van der Waals surface area contributed by atoms with Crippen LogP contribution in [0.5, 0.6) is 0 Å². The summed E-state index contributed by atoms with van der Waals surface area (Å²) >= 11 is 0. The van der Waals surface area contributed by atoms with Crippen molar-refractivity contribution in [2.45, 2.75) is 19.1 Å². The first-order valence-corrected chi connectivity index (χ1v) is 8.45. The zero-order chi connectivity index (χ0) is 17.6. The molecule has 0 aromatic heterocycles. The van der Waals surface area contributed by atoms with E-state index in [4.69, 9.17) is 4.74 Å². The zero-order valence-electron chi connectivity index (χ0n) is 14.2. The first kappa shape index (κ1) is 17.2. The molecule has 0 unspecified atom stereocenters. The summed E-state index contributed by atoms with van der Waals surface area (Å²) in [4.78, 5) is 26.3. The van der Waals surface area contributed by atoms with Gasteiger partial charge in [-0.25, -0.2) is 0 Å². The minimum Gasteiger partial charge on any atom is -0.367 e. The van der Waals surface area contributed by atoms with Gasteiger partial charge in [0.1, 0.15) is 6.10 Å². The van der Waals surface area contributed by atoms with Crippen molar-refractivity contribution in [3.8, 4) is 0 Å². The van der Waals surface area contributed by atoms with E-state index in [2.05, 4.69) is 5.32 Å². The van der Waals surface area contributed by atoms with E-state index in [9.17, 15) is 9.59 Å². The molecule has 0 aliphatic carbocycles. The fraction of sp³-hybridized carbons (Fsp3) is 0.300. The van der Waals surface area contributed by atoms with E-state index in [0.29, 0.717) is 18.7 Å². The number of ether oxygens (including phenoxy) is 1. The molecule has 1 fully saturated rings. The van der Waals surface area contributed by atoms with Crippen LogP contribution in [0.1, 0.15) is 28.9 Å². The molecule has 5 heteroatoms. The summed E-state index contributed by atoms with van der Waals surface area (Å²) in [6.07, 6.45) is -0.188. The molecule has 1 saturated heterocycles. The third-order valence-electron chi connectivity index (χ3n) is 4.22. The lowest BCUT2D eigenvalue weighted by molar-refractivity contribution is -0.143. The van der Waals surface area contributed by atoms with E-state index in [1.807, 2.05) is 43.3 Å². The summed E-state index contributed by atoms with van der Waals surface area (Å²) in [6.45, 7) is 2.97.